The van der Waals surface area contributed by atoms with Crippen LogP contribution >= 0.6 is 0 Å². The van der Waals surface area contributed by atoms with E-state index in [1.165, 1.54) is 6.07 Å². The van der Waals surface area contributed by atoms with E-state index in [0.717, 1.165) is 26.4 Å². The number of sulfonamides is 1. The monoisotopic (exact) mass is 333 g/mol. The van der Waals surface area contributed by atoms with E-state index in [4.69, 9.17) is 0 Å². The summed E-state index contributed by atoms with van der Waals surface area (Å²) in [5, 5.41) is 0. The summed E-state index contributed by atoms with van der Waals surface area (Å²) in [6.07, 6.45) is -0.574. The third kappa shape index (κ3) is 4.50. The molecular weight excluding hydrogens is 317 g/mol. The fourth-order valence-electron chi connectivity index (χ4n) is 1.64. The fraction of sp³-hybridized carbons (Fsp3) is 0.385. The second kappa shape index (κ2) is 7.32. The van der Waals surface area contributed by atoms with E-state index in [1.807, 2.05) is 4.72 Å². The van der Waals surface area contributed by atoms with Crippen LogP contribution in [-0.4, -0.2) is 40.6 Å². The van der Waals surface area contributed by atoms with Crippen molar-refractivity contribution in [2.75, 3.05) is 14.2 Å². The molecule has 22 heavy (non-hydrogen) atoms. The normalized spacial score (nSPS) is 12.5. The largest absolute Gasteiger partial charge is 0.469 e. The molecule has 9 heteroatoms. The van der Waals surface area contributed by atoms with Gasteiger partial charge in [-0.05, 0) is 24.6 Å². The number of carbonyl (C=O) groups is 2. The van der Waals surface area contributed by atoms with Gasteiger partial charge in [0.05, 0.1) is 20.6 Å². The molecule has 0 aromatic heterocycles. The second-order valence-corrected chi connectivity index (χ2v) is 6.09. The van der Waals surface area contributed by atoms with Crippen LogP contribution in [0.3, 0.4) is 0 Å². The molecule has 0 aliphatic carbocycles. The summed E-state index contributed by atoms with van der Waals surface area (Å²) in [5.41, 5.74) is 0.538. The minimum absolute atomic E-state index is 0.538. The Balaban J connectivity index is 3.09. The maximum absolute atomic E-state index is 13.8. The Bertz CT molecular complexity index is 673. The zero-order chi connectivity index (χ0) is 16.9. The van der Waals surface area contributed by atoms with Gasteiger partial charge in [-0.1, -0.05) is 6.07 Å². The van der Waals surface area contributed by atoms with Gasteiger partial charge < -0.3 is 9.47 Å². The highest BCUT2D eigenvalue weighted by atomic mass is 32.2. The van der Waals surface area contributed by atoms with Crippen LogP contribution in [0.25, 0.3) is 0 Å². The Hall–Kier alpha value is -2.00. The number of aryl methyl sites for hydroxylation is 1. The van der Waals surface area contributed by atoms with Gasteiger partial charge in [-0.2, -0.15) is 4.72 Å². The predicted octanol–water partition coefficient (Wildman–Crippen LogP) is 0.517. The number of benzene rings is 1. The van der Waals surface area contributed by atoms with Gasteiger partial charge >= 0.3 is 11.9 Å². The van der Waals surface area contributed by atoms with E-state index < -0.39 is 45.1 Å². The third-order valence-electron chi connectivity index (χ3n) is 2.76. The molecule has 1 rings (SSSR count). The minimum Gasteiger partial charge on any atom is -0.469 e. The van der Waals surface area contributed by atoms with Crippen LogP contribution in [0.4, 0.5) is 4.39 Å². The maximum atomic E-state index is 13.8. The quantitative estimate of drug-likeness (QED) is 0.762. The van der Waals surface area contributed by atoms with Crippen molar-refractivity contribution in [1.82, 2.24) is 4.72 Å². The molecule has 1 atom stereocenters. The van der Waals surface area contributed by atoms with Crippen LogP contribution in [0.2, 0.25) is 0 Å². The van der Waals surface area contributed by atoms with Crippen molar-refractivity contribution in [3.63, 3.8) is 0 Å². The molecule has 0 heterocycles. The number of rotatable bonds is 6. The highest BCUT2D eigenvalue weighted by Crippen LogP contribution is 2.16. The van der Waals surface area contributed by atoms with Gasteiger partial charge in [0.15, 0.2) is 0 Å². The molecule has 1 aromatic rings. The molecule has 0 fully saturated rings. The topological polar surface area (TPSA) is 98.8 Å². The van der Waals surface area contributed by atoms with Crippen molar-refractivity contribution in [3.8, 4) is 0 Å². The van der Waals surface area contributed by atoms with Crippen molar-refractivity contribution >= 4 is 22.0 Å². The van der Waals surface area contributed by atoms with Crippen molar-refractivity contribution in [1.29, 1.82) is 0 Å². The summed E-state index contributed by atoms with van der Waals surface area (Å²) in [7, 11) is -2.23. The van der Waals surface area contributed by atoms with E-state index in [2.05, 4.69) is 9.47 Å². The van der Waals surface area contributed by atoms with Gasteiger partial charge in [-0.15, -0.1) is 0 Å². The lowest BCUT2D eigenvalue weighted by Gasteiger charge is -2.16. The average Bonchev–Trinajstić information content (AvgIpc) is 2.44. The van der Waals surface area contributed by atoms with E-state index >= 15 is 0 Å². The number of nitrogens with one attached hydrogen (secondary N) is 1. The van der Waals surface area contributed by atoms with Gasteiger partial charge in [0, 0.05) is 0 Å². The van der Waals surface area contributed by atoms with Crippen molar-refractivity contribution in [3.05, 3.63) is 29.6 Å². The molecule has 1 N–H and O–H groups in total. The van der Waals surface area contributed by atoms with Gasteiger partial charge in [0.2, 0.25) is 10.0 Å². The van der Waals surface area contributed by atoms with Gasteiger partial charge in [0.1, 0.15) is 16.8 Å². The highest BCUT2D eigenvalue weighted by Gasteiger charge is 2.30. The first-order chi connectivity index (χ1) is 10.2. The molecule has 0 bridgehead atoms. The van der Waals surface area contributed by atoms with Crippen LogP contribution in [0.1, 0.15) is 12.0 Å². The van der Waals surface area contributed by atoms with Crippen LogP contribution in [-0.2, 0) is 29.1 Å². The number of hydrogen-bond donors (Lipinski definition) is 1. The number of methoxy groups -OCH3 is 2. The number of hydrogen-bond acceptors (Lipinski definition) is 6. The Morgan fingerprint density at radius 2 is 1.91 bits per heavy atom. The van der Waals surface area contributed by atoms with Gasteiger partial charge in [-0.25, -0.2) is 12.8 Å². The third-order valence-corrected chi connectivity index (χ3v) is 4.26. The Morgan fingerprint density at radius 1 is 1.27 bits per heavy atom. The summed E-state index contributed by atoms with van der Waals surface area (Å²) in [6.45, 7) is 1.60. The molecule has 0 spiro atoms. The Kier molecular flexibility index (Phi) is 6.01. The van der Waals surface area contributed by atoms with Crippen molar-refractivity contribution in [2.24, 2.45) is 0 Å². The summed E-state index contributed by atoms with van der Waals surface area (Å²) in [6, 6.07) is 2.01. The molecular formula is C13H16FNO6S. The van der Waals surface area contributed by atoms with E-state index in [-0.39, 0.29) is 0 Å². The molecule has 0 saturated heterocycles. The molecule has 1 aromatic carbocycles. The molecule has 122 valence electrons. The van der Waals surface area contributed by atoms with E-state index in [1.54, 1.807) is 6.92 Å². The Labute approximate surface area is 127 Å². The molecule has 0 aliphatic rings. The summed E-state index contributed by atoms with van der Waals surface area (Å²) in [4.78, 5) is 22.2. The van der Waals surface area contributed by atoms with Crippen molar-refractivity contribution in [2.45, 2.75) is 24.3 Å². The number of halogens is 1. The average molecular weight is 333 g/mol. The van der Waals surface area contributed by atoms with Gasteiger partial charge in [0.25, 0.3) is 0 Å². The molecule has 0 aliphatic heterocycles. The standard InChI is InChI=1S/C13H16FNO6S/c1-8-4-5-11(9(14)6-8)22(18,19)15-10(13(17)21-3)7-12(16)20-2/h4-6,10,15H,7H2,1-3H3/t10-/m0/s1. The zero-order valence-corrected chi connectivity index (χ0v) is 13.1. The summed E-state index contributed by atoms with van der Waals surface area (Å²) < 4.78 is 48.8. The predicted molar refractivity (Wildman–Crippen MR) is 73.9 cm³/mol. The Morgan fingerprint density at radius 3 is 2.41 bits per heavy atom. The number of carbonyl (C=O) groups excluding carboxylic acids is 2. The molecule has 0 radical (unpaired) electrons. The van der Waals surface area contributed by atoms with Crippen molar-refractivity contribution < 1.29 is 31.9 Å². The van der Waals surface area contributed by atoms with Crippen LogP contribution in [0.5, 0.6) is 0 Å². The lowest BCUT2D eigenvalue weighted by Crippen LogP contribution is -2.43. The highest BCUT2D eigenvalue weighted by molar-refractivity contribution is 7.89. The summed E-state index contributed by atoms with van der Waals surface area (Å²) in [5.74, 6) is -2.77. The molecule has 0 amide bonds. The second-order valence-electron chi connectivity index (χ2n) is 4.41. The molecule has 7 nitrogen and oxygen atoms in total. The lowest BCUT2D eigenvalue weighted by atomic mass is 10.2. The SMILES string of the molecule is COC(=O)C[C@H](NS(=O)(=O)c1ccc(C)cc1F)C(=O)OC. The fourth-order valence-corrected chi connectivity index (χ4v) is 2.88. The molecule has 0 unspecified atom stereocenters. The lowest BCUT2D eigenvalue weighted by molar-refractivity contribution is -0.149. The number of ether oxygens (including phenoxy) is 2. The zero-order valence-electron chi connectivity index (χ0n) is 12.3. The van der Waals surface area contributed by atoms with Crippen LogP contribution in [0.15, 0.2) is 23.1 Å². The van der Waals surface area contributed by atoms with Crippen LogP contribution < -0.4 is 4.72 Å². The first kappa shape index (κ1) is 18.1. The summed E-state index contributed by atoms with van der Waals surface area (Å²) >= 11 is 0. The first-order valence-corrected chi connectivity index (χ1v) is 7.62. The van der Waals surface area contributed by atoms with Crippen LogP contribution in [0, 0.1) is 12.7 Å². The van der Waals surface area contributed by atoms with E-state index in [9.17, 15) is 22.4 Å². The van der Waals surface area contributed by atoms with E-state index in [0.29, 0.717) is 5.56 Å². The minimum atomic E-state index is -4.35. The number of esters is 2. The smallest absolute Gasteiger partial charge is 0.324 e. The molecule has 0 saturated carbocycles. The first-order valence-electron chi connectivity index (χ1n) is 6.14. The van der Waals surface area contributed by atoms with Gasteiger partial charge in [-0.3, -0.25) is 9.59 Å². The maximum Gasteiger partial charge on any atom is 0.324 e.